The van der Waals surface area contributed by atoms with Gasteiger partial charge in [0.15, 0.2) is 0 Å². The molecule has 0 amide bonds. The second kappa shape index (κ2) is 7.03. The lowest BCUT2D eigenvalue weighted by molar-refractivity contribution is 0.447. The number of aromatic hydroxyl groups is 1. The van der Waals surface area contributed by atoms with Gasteiger partial charge in [-0.05, 0) is 50.2 Å². The maximum atomic E-state index is 13.2. The Labute approximate surface area is 148 Å². The van der Waals surface area contributed by atoms with Crippen LogP contribution >= 0.6 is 0 Å². The summed E-state index contributed by atoms with van der Waals surface area (Å²) in [4.78, 5) is 18.0. The van der Waals surface area contributed by atoms with Gasteiger partial charge >= 0.3 is 0 Å². The molecule has 1 aromatic heterocycles. The van der Waals surface area contributed by atoms with Gasteiger partial charge in [-0.15, -0.1) is 0 Å². The average molecular weight is 338 g/mol. The fraction of sp³-hybridized carbons (Fsp3) is 0.524. The Kier molecular flexibility index (Phi) is 4.60. The first-order chi connectivity index (χ1) is 12.2. The number of nitrogens with zero attached hydrogens (tertiary/aromatic N) is 2. The highest BCUT2D eigenvalue weighted by molar-refractivity contribution is 5.64. The number of fused-ring (bicyclic) bond motifs is 1. The molecule has 132 valence electrons. The van der Waals surface area contributed by atoms with E-state index in [1.807, 2.05) is 16.7 Å². The Balaban J connectivity index is 1.78. The number of phenols is 1. The van der Waals surface area contributed by atoms with Gasteiger partial charge in [-0.2, -0.15) is 0 Å². The van der Waals surface area contributed by atoms with E-state index >= 15 is 0 Å². The van der Waals surface area contributed by atoms with Crippen LogP contribution in [-0.4, -0.2) is 14.7 Å². The molecule has 4 rings (SSSR count). The van der Waals surface area contributed by atoms with Crippen LogP contribution in [0.4, 0.5) is 0 Å². The van der Waals surface area contributed by atoms with Crippen molar-refractivity contribution in [3.8, 4) is 17.1 Å². The Morgan fingerprint density at radius 2 is 1.84 bits per heavy atom. The van der Waals surface area contributed by atoms with E-state index < -0.39 is 0 Å². The first kappa shape index (κ1) is 16.4. The molecule has 1 aromatic carbocycles. The SMILES string of the molecule is O=c1c2c(nc(-c3ccccc3O)n1CCC1CCCC1)CCCC2. The van der Waals surface area contributed by atoms with Crippen molar-refractivity contribution in [1.29, 1.82) is 0 Å². The highest BCUT2D eigenvalue weighted by Gasteiger charge is 2.22. The summed E-state index contributed by atoms with van der Waals surface area (Å²) in [6, 6.07) is 7.22. The van der Waals surface area contributed by atoms with Crippen LogP contribution in [0.5, 0.6) is 5.75 Å². The summed E-state index contributed by atoms with van der Waals surface area (Å²) in [5.74, 6) is 1.56. The molecule has 0 atom stereocenters. The van der Waals surface area contributed by atoms with Crippen molar-refractivity contribution in [2.45, 2.75) is 64.3 Å². The Morgan fingerprint density at radius 1 is 1.08 bits per heavy atom. The molecule has 1 N–H and O–H groups in total. The van der Waals surface area contributed by atoms with Crippen LogP contribution in [0.3, 0.4) is 0 Å². The minimum Gasteiger partial charge on any atom is -0.507 e. The summed E-state index contributed by atoms with van der Waals surface area (Å²) in [5, 5.41) is 10.3. The first-order valence-corrected chi connectivity index (χ1v) is 9.65. The summed E-state index contributed by atoms with van der Waals surface area (Å²) < 4.78 is 1.83. The third-order valence-corrected chi connectivity index (χ3v) is 5.82. The summed E-state index contributed by atoms with van der Waals surface area (Å²) in [5.41, 5.74) is 2.61. The van der Waals surface area contributed by atoms with Gasteiger partial charge in [-0.25, -0.2) is 4.98 Å². The maximum Gasteiger partial charge on any atom is 0.257 e. The summed E-state index contributed by atoms with van der Waals surface area (Å²) >= 11 is 0. The van der Waals surface area contributed by atoms with Gasteiger partial charge < -0.3 is 5.11 Å². The van der Waals surface area contributed by atoms with Crippen molar-refractivity contribution in [3.05, 3.63) is 45.9 Å². The lowest BCUT2D eigenvalue weighted by Crippen LogP contribution is -2.30. The molecule has 0 spiro atoms. The Hall–Kier alpha value is -2.10. The van der Waals surface area contributed by atoms with Crippen LogP contribution < -0.4 is 5.56 Å². The van der Waals surface area contributed by atoms with Crippen LogP contribution in [0, 0.1) is 5.92 Å². The quantitative estimate of drug-likeness (QED) is 0.914. The smallest absolute Gasteiger partial charge is 0.257 e. The lowest BCUT2D eigenvalue weighted by Gasteiger charge is -2.21. The zero-order valence-corrected chi connectivity index (χ0v) is 14.7. The Bertz CT molecular complexity index is 819. The van der Waals surface area contributed by atoms with E-state index in [4.69, 9.17) is 4.98 Å². The maximum absolute atomic E-state index is 13.2. The summed E-state index contributed by atoms with van der Waals surface area (Å²) in [7, 11) is 0. The molecule has 0 bridgehead atoms. The molecular formula is C21H26N2O2. The molecule has 0 aliphatic heterocycles. The molecule has 4 heteroatoms. The highest BCUT2D eigenvalue weighted by atomic mass is 16.3. The fourth-order valence-corrected chi connectivity index (χ4v) is 4.38. The lowest BCUT2D eigenvalue weighted by atomic mass is 9.96. The molecule has 1 fully saturated rings. The molecule has 0 radical (unpaired) electrons. The highest BCUT2D eigenvalue weighted by Crippen LogP contribution is 2.31. The van der Waals surface area contributed by atoms with Crippen molar-refractivity contribution in [2.75, 3.05) is 0 Å². The number of aryl methyl sites for hydroxylation is 1. The minimum absolute atomic E-state index is 0.112. The predicted octanol–water partition coefficient (Wildman–Crippen LogP) is 4.08. The molecule has 25 heavy (non-hydrogen) atoms. The zero-order chi connectivity index (χ0) is 17.2. The standard InChI is InChI=1S/C21H26N2O2/c24-19-12-6-4-10-17(19)20-22-18-11-5-3-9-16(18)21(25)23(20)14-13-15-7-1-2-8-15/h4,6,10,12,15,24H,1-3,5,7-9,11,13-14H2. The second-order valence-electron chi connectivity index (χ2n) is 7.48. The molecule has 1 heterocycles. The zero-order valence-electron chi connectivity index (χ0n) is 14.7. The van der Waals surface area contributed by atoms with E-state index in [-0.39, 0.29) is 11.3 Å². The van der Waals surface area contributed by atoms with Gasteiger partial charge in [0, 0.05) is 12.1 Å². The predicted molar refractivity (Wildman–Crippen MR) is 98.8 cm³/mol. The van der Waals surface area contributed by atoms with Crippen molar-refractivity contribution in [2.24, 2.45) is 5.92 Å². The van der Waals surface area contributed by atoms with E-state index in [1.54, 1.807) is 12.1 Å². The van der Waals surface area contributed by atoms with Crippen molar-refractivity contribution >= 4 is 0 Å². The number of rotatable bonds is 4. The van der Waals surface area contributed by atoms with Gasteiger partial charge in [0.25, 0.3) is 5.56 Å². The van der Waals surface area contributed by atoms with Crippen molar-refractivity contribution < 1.29 is 5.11 Å². The summed E-state index contributed by atoms with van der Waals surface area (Å²) in [6.07, 6.45) is 10.1. The Morgan fingerprint density at radius 3 is 2.64 bits per heavy atom. The van der Waals surface area contributed by atoms with Gasteiger partial charge in [0.1, 0.15) is 11.6 Å². The monoisotopic (exact) mass is 338 g/mol. The van der Waals surface area contributed by atoms with Crippen LogP contribution in [0.2, 0.25) is 0 Å². The van der Waals surface area contributed by atoms with E-state index in [2.05, 4.69) is 0 Å². The molecule has 0 saturated heterocycles. The van der Waals surface area contributed by atoms with Crippen LogP contribution in [-0.2, 0) is 19.4 Å². The topological polar surface area (TPSA) is 55.1 Å². The molecule has 0 unspecified atom stereocenters. The third-order valence-electron chi connectivity index (χ3n) is 5.82. The normalized spacial score (nSPS) is 17.6. The average Bonchev–Trinajstić information content (AvgIpc) is 3.15. The number of hydrogen-bond donors (Lipinski definition) is 1. The largest absolute Gasteiger partial charge is 0.507 e. The van der Waals surface area contributed by atoms with Gasteiger partial charge in [0.05, 0.1) is 11.3 Å². The molecular weight excluding hydrogens is 312 g/mol. The van der Waals surface area contributed by atoms with Crippen molar-refractivity contribution in [1.82, 2.24) is 9.55 Å². The van der Waals surface area contributed by atoms with Crippen molar-refractivity contribution in [3.63, 3.8) is 0 Å². The summed E-state index contributed by atoms with van der Waals surface area (Å²) in [6.45, 7) is 0.702. The number of aromatic nitrogens is 2. The van der Waals surface area contributed by atoms with Gasteiger partial charge in [-0.3, -0.25) is 9.36 Å². The number of para-hydroxylation sites is 1. The molecule has 4 nitrogen and oxygen atoms in total. The van der Waals surface area contributed by atoms with E-state index in [0.717, 1.165) is 49.3 Å². The molecule has 1 saturated carbocycles. The van der Waals surface area contributed by atoms with Gasteiger partial charge in [0.2, 0.25) is 0 Å². The van der Waals surface area contributed by atoms with Gasteiger partial charge in [-0.1, -0.05) is 37.8 Å². The third kappa shape index (κ3) is 3.22. The molecule has 2 aromatic rings. The number of benzene rings is 1. The minimum atomic E-state index is 0.112. The van der Waals surface area contributed by atoms with Crippen LogP contribution in [0.15, 0.2) is 29.1 Å². The second-order valence-corrected chi connectivity index (χ2v) is 7.48. The first-order valence-electron chi connectivity index (χ1n) is 9.65. The number of hydrogen-bond acceptors (Lipinski definition) is 3. The molecule has 2 aliphatic carbocycles. The number of phenolic OH excluding ortho intramolecular Hbond substituents is 1. The van der Waals surface area contributed by atoms with E-state index in [1.165, 1.54) is 25.7 Å². The van der Waals surface area contributed by atoms with E-state index in [9.17, 15) is 9.90 Å². The fourth-order valence-electron chi connectivity index (χ4n) is 4.38. The molecule has 2 aliphatic rings. The van der Waals surface area contributed by atoms with Crippen LogP contribution in [0.1, 0.15) is 56.2 Å². The van der Waals surface area contributed by atoms with E-state index in [0.29, 0.717) is 17.9 Å². The van der Waals surface area contributed by atoms with Crippen LogP contribution in [0.25, 0.3) is 11.4 Å².